The maximum atomic E-state index is 12.8. The Balaban J connectivity index is 1.21. The van der Waals surface area contributed by atoms with E-state index in [9.17, 15) is 4.79 Å². The molecule has 1 N–H and O–H groups in total. The lowest BCUT2D eigenvalue weighted by atomic mass is 10.00. The number of likely N-dealkylation sites (tertiary alicyclic amines) is 1. The quantitative estimate of drug-likeness (QED) is 0.454. The van der Waals surface area contributed by atoms with Crippen molar-refractivity contribution in [3.05, 3.63) is 72.6 Å². The number of carbonyl (C=O) groups is 1. The molecule has 0 saturated carbocycles. The Bertz CT molecular complexity index is 1390. The van der Waals surface area contributed by atoms with Crippen LogP contribution in [0.25, 0.3) is 33.3 Å². The highest BCUT2D eigenvalue weighted by Gasteiger charge is 2.32. The van der Waals surface area contributed by atoms with Crippen molar-refractivity contribution in [2.45, 2.75) is 6.04 Å². The van der Waals surface area contributed by atoms with Gasteiger partial charge in [0.15, 0.2) is 0 Å². The molecule has 190 valence electrons. The molecule has 4 aromatic rings. The number of aromatic amines is 1. The van der Waals surface area contributed by atoms with Gasteiger partial charge in [-0.2, -0.15) is 0 Å². The van der Waals surface area contributed by atoms with Crippen LogP contribution in [-0.2, 0) is 0 Å². The number of hydrogen-bond acceptors (Lipinski definition) is 5. The minimum Gasteiger partial charge on any atom is -0.369 e. The lowest BCUT2D eigenvalue weighted by molar-refractivity contribution is 0.0399. The van der Waals surface area contributed by atoms with Gasteiger partial charge in [0.1, 0.15) is 5.65 Å². The number of nitrogens with zero attached hydrogens (tertiary/aromatic N) is 5. The first-order valence-electron chi connectivity index (χ1n) is 13.0. The van der Waals surface area contributed by atoms with Crippen LogP contribution in [0.15, 0.2) is 67.0 Å². The Labute approximate surface area is 218 Å². The summed E-state index contributed by atoms with van der Waals surface area (Å²) in [5, 5.41) is 1.08. The van der Waals surface area contributed by atoms with Crippen molar-refractivity contribution < 1.29 is 4.79 Å². The molecule has 1 amide bonds. The molecule has 2 aliphatic rings. The molecule has 2 aliphatic heterocycles. The summed E-state index contributed by atoms with van der Waals surface area (Å²) in [6.45, 7) is 5.91. The molecule has 7 heteroatoms. The number of hydrogen-bond donors (Lipinski definition) is 1. The van der Waals surface area contributed by atoms with E-state index in [1.165, 1.54) is 5.69 Å². The van der Waals surface area contributed by atoms with Crippen molar-refractivity contribution in [2.24, 2.45) is 0 Å². The summed E-state index contributed by atoms with van der Waals surface area (Å²) in [7, 11) is 6.30. The van der Waals surface area contributed by atoms with Crippen molar-refractivity contribution in [3.8, 4) is 22.3 Å². The second-order valence-corrected chi connectivity index (χ2v) is 10.6. The number of carbonyl (C=O) groups excluding carboxylic acids is 1. The third kappa shape index (κ3) is 4.61. The number of aromatic nitrogens is 2. The number of benzene rings is 2. The molecule has 0 spiro atoms. The molecule has 37 heavy (non-hydrogen) atoms. The van der Waals surface area contributed by atoms with Crippen molar-refractivity contribution in [1.29, 1.82) is 0 Å². The molecule has 0 bridgehead atoms. The topological polar surface area (TPSA) is 58.7 Å². The van der Waals surface area contributed by atoms with Gasteiger partial charge >= 0.3 is 0 Å². The standard InChI is InChI=1S/C30H34N6O/c1-33(2)26-19-36(20-26)30(37)23-6-4-22(5-7-23)28-18-32-29-27(28)16-24(17-31-29)21-8-10-25(11-9-21)35-14-12-34(3)13-15-35/h4-11,16-18,26H,12-15,19-20H2,1-3H3,(H,31,32). The zero-order valence-corrected chi connectivity index (χ0v) is 21.8. The summed E-state index contributed by atoms with van der Waals surface area (Å²) < 4.78 is 0. The molecule has 0 radical (unpaired) electrons. The van der Waals surface area contributed by atoms with E-state index in [-0.39, 0.29) is 5.91 Å². The summed E-state index contributed by atoms with van der Waals surface area (Å²) in [5.41, 5.74) is 7.29. The Morgan fingerprint density at radius 1 is 0.919 bits per heavy atom. The molecule has 7 nitrogen and oxygen atoms in total. The van der Waals surface area contributed by atoms with E-state index in [0.29, 0.717) is 6.04 Å². The van der Waals surface area contributed by atoms with E-state index in [4.69, 9.17) is 4.98 Å². The number of piperazine rings is 1. The van der Waals surface area contributed by atoms with Crippen LogP contribution in [0.5, 0.6) is 0 Å². The van der Waals surface area contributed by atoms with Crippen molar-refractivity contribution in [2.75, 3.05) is 65.3 Å². The predicted octanol–water partition coefficient (Wildman–Crippen LogP) is 4.03. The Morgan fingerprint density at radius 3 is 2.27 bits per heavy atom. The predicted molar refractivity (Wildman–Crippen MR) is 150 cm³/mol. The number of fused-ring (bicyclic) bond motifs is 1. The molecule has 0 atom stereocenters. The summed E-state index contributed by atoms with van der Waals surface area (Å²) in [6, 6.07) is 19.4. The normalized spacial score (nSPS) is 17.0. The number of H-pyrrole nitrogens is 1. The molecule has 0 unspecified atom stereocenters. The van der Waals surface area contributed by atoms with E-state index in [2.05, 4.69) is 71.2 Å². The molecule has 2 fully saturated rings. The van der Waals surface area contributed by atoms with Crippen LogP contribution < -0.4 is 4.90 Å². The molecular formula is C30H34N6O. The van der Waals surface area contributed by atoms with Crippen LogP contribution in [0.3, 0.4) is 0 Å². The highest BCUT2D eigenvalue weighted by Crippen LogP contribution is 2.32. The summed E-state index contributed by atoms with van der Waals surface area (Å²) >= 11 is 0. The van der Waals surface area contributed by atoms with Gasteiger partial charge in [-0.1, -0.05) is 24.3 Å². The molecule has 6 rings (SSSR count). The maximum absolute atomic E-state index is 12.8. The van der Waals surface area contributed by atoms with Gasteiger partial charge in [0.25, 0.3) is 5.91 Å². The fourth-order valence-electron chi connectivity index (χ4n) is 5.25. The Morgan fingerprint density at radius 2 is 1.59 bits per heavy atom. The minimum absolute atomic E-state index is 0.104. The van der Waals surface area contributed by atoms with Crippen LogP contribution in [0.4, 0.5) is 5.69 Å². The van der Waals surface area contributed by atoms with Crippen LogP contribution >= 0.6 is 0 Å². The summed E-state index contributed by atoms with van der Waals surface area (Å²) in [4.78, 5) is 29.8. The highest BCUT2D eigenvalue weighted by atomic mass is 16.2. The fourth-order valence-corrected chi connectivity index (χ4v) is 5.25. The lowest BCUT2D eigenvalue weighted by Gasteiger charge is -2.42. The largest absolute Gasteiger partial charge is 0.369 e. The zero-order chi connectivity index (χ0) is 25.5. The average molecular weight is 495 g/mol. The van der Waals surface area contributed by atoms with Crippen molar-refractivity contribution >= 4 is 22.6 Å². The molecule has 2 aromatic carbocycles. The zero-order valence-electron chi connectivity index (χ0n) is 21.8. The molecule has 2 saturated heterocycles. The molecule has 4 heterocycles. The van der Waals surface area contributed by atoms with E-state index in [1.54, 1.807) is 0 Å². The molecule has 0 aliphatic carbocycles. The van der Waals surface area contributed by atoms with Gasteiger partial charge in [0.2, 0.25) is 0 Å². The monoisotopic (exact) mass is 494 g/mol. The number of amides is 1. The second-order valence-electron chi connectivity index (χ2n) is 10.6. The van der Waals surface area contributed by atoms with E-state index in [1.807, 2.05) is 41.6 Å². The maximum Gasteiger partial charge on any atom is 0.253 e. The van der Waals surface area contributed by atoms with Crippen LogP contribution in [0, 0.1) is 0 Å². The molecular weight excluding hydrogens is 460 g/mol. The number of rotatable bonds is 5. The number of nitrogens with one attached hydrogen (secondary N) is 1. The fraction of sp³-hybridized carbons (Fsp3) is 0.333. The number of likely N-dealkylation sites (N-methyl/N-ethyl adjacent to an activating group) is 2. The average Bonchev–Trinajstić information content (AvgIpc) is 3.31. The van der Waals surface area contributed by atoms with E-state index in [0.717, 1.165) is 78.1 Å². The van der Waals surface area contributed by atoms with Gasteiger partial charge < -0.3 is 24.6 Å². The van der Waals surface area contributed by atoms with Gasteiger partial charge in [0, 0.05) is 85.5 Å². The number of anilines is 1. The number of pyridine rings is 1. The first kappa shape index (κ1) is 23.7. The van der Waals surface area contributed by atoms with Gasteiger partial charge in [0.05, 0.1) is 0 Å². The van der Waals surface area contributed by atoms with Gasteiger partial charge in [-0.05, 0) is 62.6 Å². The first-order chi connectivity index (χ1) is 18.0. The molecule has 2 aromatic heterocycles. The van der Waals surface area contributed by atoms with Gasteiger partial charge in [-0.15, -0.1) is 0 Å². The van der Waals surface area contributed by atoms with E-state index < -0.39 is 0 Å². The summed E-state index contributed by atoms with van der Waals surface area (Å²) in [5.74, 6) is 0.104. The lowest BCUT2D eigenvalue weighted by Crippen LogP contribution is -2.59. The second kappa shape index (κ2) is 9.65. The smallest absolute Gasteiger partial charge is 0.253 e. The van der Waals surface area contributed by atoms with Crippen LogP contribution in [0.1, 0.15) is 10.4 Å². The Hall–Kier alpha value is -3.68. The minimum atomic E-state index is 0.104. The van der Waals surface area contributed by atoms with Crippen LogP contribution in [0.2, 0.25) is 0 Å². The van der Waals surface area contributed by atoms with E-state index >= 15 is 0 Å². The highest BCUT2D eigenvalue weighted by molar-refractivity contribution is 5.98. The van der Waals surface area contributed by atoms with Crippen molar-refractivity contribution in [1.82, 2.24) is 24.7 Å². The third-order valence-electron chi connectivity index (χ3n) is 7.92. The Kier molecular flexibility index (Phi) is 6.18. The van der Waals surface area contributed by atoms with Gasteiger partial charge in [-0.25, -0.2) is 4.98 Å². The van der Waals surface area contributed by atoms with Crippen LogP contribution in [-0.4, -0.2) is 97.0 Å². The van der Waals surface area contributed by atoms with Gasteiger partial charge in [-0.3, -0.25) is 4.79 Å². The SMILES string of the molecule is CN1CCN(c2ccc(-c3cnc4[nH]cc(-c5ccc(C(=O)N6CC(N(C)C)C6)cc5)c4c3)cc2)CC1. The van der Waals surface area contributed by atoms with Crippen molar-refractivity contribution in [3.63, 3.8) is 0 Å². The first-order valence-corrected chi connectivity index (χ1v) is 13.0. The third-order valence-corrected chi connectivity index (χ3v) is 7.92. The summed E-state index contributed by atoms with van der Waals surface area (Å²) in [6.07, 6.45) is 3.94.